The maximum Gasteiger partial charge on any atom is 0.341 e. The maximum absolute atomic E-state index is 11.8. The third-order valence-electron chi connectivity index (χ3n) is 3.28. The predicted molar refractivity (Wildman–Crippen MR) is 96.9 cm³/mol. The zero-order valence-electron chi connectivity index (χ0n) is 13.3. The molecule has 1 aromatic carbocycles. The van der Waals surface area contributed by atoms with Gasteiger partial charge in [-0.2, -0.15) is 0 Å². The fraction of sp³-hybridized carbons (Fsp3) is 0.125. The predicted octanol–water partition coefficient (Wildman–Crippen LogP) is 5.19. The summed E-state index contributed by atoms with van der Waals surface area (Å²) in [6.07, 6.45) is 1.48. The first kappa shape index (κ1) is 17.7. The van der Waals surface area contributed by atoms with Crippen molar-refractivity contribution < 1.29 is 14.6 Å². The summed E-state index contributed by atoms with van der Waals surface area (Å²) in [6.45, 7) is 9.04. The van der Waals surface area contributed by atoms with Crippen LogP contribution in [0.3, 0.4) is 0 Å². The molecule has 0 unspecified atom stereocenters. The molecular formula is C16H10ClN5O3S. The van der Waals surface area contributed by atoms with Gasteiger partial charge in [0.05, 0.1) is 24.4 Å². The third-order valence-corrected chi connectivity index (χ3v) is 4.30. The monoisotopic (exact) mass is 387 g/mol. The van der Waals surface area contributed by atoms with Crippen molar-refractivity contribution >= 4 is 56.4 Å². The van der Waals surface area contributed by atoms with Crippen LogP contribution in [0.25, 0.3) is 15.7 Å². The molecule has 3 aromatic rings. The molecule has 2 heterocycles. The lowest BCUT2D eigenvalue weighted by molar-refractivity contribution is 0.0523. The van der Waals surface area contributed by atoms with Crippen LogP contribution in [0, 0.1) is 6.57 Å². The van der Waals surface area contributed by atoms with E-state index in [-0.39, 0.29) is 28.8 Å². The second-order valence-corrected chi connectivity index (χ2v) is 5.99. The van der Waals surface area contributed by atoms with Crippen LogP contribution in [-0.2, 0) is 4.74 Å². The number of fused-ring (bicyclic) bond motifs is 1. The van der Waals surface area contributed by atoms with Crippen LogP contribution in [0.15, 0.2) is 34.6 Å². The number of nitrogens with zero attached hydrogens (tertiary/aromatic N) is 5. The average Bonchev–Trinajstić information content (AvgIpc) is 3.04. The fourth-order valence-corrected chi connectivity index (χ4v) is 2.96. The summed E-state index contributed by atoms with van der Waals surface area (Å²) in [6, 6.07) is 4.22. The van der Waals surface area contributed by atoms with E-state index < -0.39 is 5.97 Å². The Morgan fingerprint density at radius 3 is 3.00 bits per heavy atom. The number of benzene rings is 1. The number of carbonyl (C=O) groups excluding carboxylic acids is 1. The maximum atomic E-state index is 11.8. The normalized spacial score (nSPS) is 11.0. The van der Waals surface area contributed by atoms with Gasteiger partial charge in [0.15, 0.2) is 5.00 Å². The standard InChI is InChI=1S/C16H10ClN5O3S/c1-3-25-16(24)9-6-8(4-5-11(9)23)20-21-15-10-7-19-14(17)13(18-2)12(10)22-26-15/h4-7,23H,3H2,1H3/b21-20+. The van der Waals surface area contributed by atoms with Crippen molar-refractivity contribution in [1.82, 2.24) is 9.36 Å². The molecule has 26 heavy (non-hydrogen) atoms. The number of esters is 1. The smallest absolute Gasteiger partial charge is 0.341 e. The molecule has 10 heteroatoms. The molecule has 0 saturated heterocycles. The van der Waals surface area contributed by atoms with Crippen LogP contribution in [-0.4, -0.2) is 27.0 Å². The highest BCUT2D eigenvalue weighted by Gasteiger charge is 2.15. The molecule has 0 atom stereocenters. The van der Waals surface area contributed by atoms with E-state index in [9.17, 15) is 9.90 Å². The van der Waals surface area contributed by atoms with Gasteiger partial charge in [-0.15, -0.1) is 10.2 Å². The van der Waals surface area contributed by atoms with E-state index in [0.29, 0.717) is 21.6 Å². The summed E-state index contributed by atoms with van der Waals surface area (Å²) in [5, 5.41) is 19.0. The van der Waals surface area contributed by atoms with Crippen molar-refractivity contribution in [2.24, 2.45) is 10.2 Å². The minimum atomic E-state index is -0.647. The Morgan fingerprint density at radius 1 is 1.46 bits per heavy atom. The zero-order valence-corrected chi connectivity index (χ0v) is 14.9. The van der Waals surface area contributed by atoms with Crippen LogP contribution in [0.2, 0.25) is 5.15 Å². The Hall–Kier alpha value is -3.09. The Bertz CT molecular complexity index is 1070. The molecule has 0 aliphatic rings. The lowest BCUT2D eigenvalue weighted by Gasteiger charge is -2.04. The Kier molecular flexibility index (Phi) is 5.06. The van der Waals surface area contributed by atoms with E-state index in [4.69, 9.17) is 22.9 Å². The topological polar surface area (TPSA) is 101 Å². The van der Waals surface area contributed by atoms with Gasteiger partial charge in [0, 0.05) is 11.6 Å². The first-order valence-electron chi connectivity index (χ1n) is 7.28. The van der Waals surface area contributed by atoms with Gasteiger partial charge in [-0.05, 0) is 36.7 Å². The van der Waals surface area contributed by atoms with E-state index in [0.717, 1.165) is 11.5 Å². The fourth-order valence-electron chi connectivity index (χ4n) is 2.09. The van der Waals surface area contributed by atoms with Crippen molar-refractivity contribution in [2.45, 2.75) is 6.92 Å². The van der Waals surface area contributed by atoms with Gasteiger partial charge in [-0.1, -0.05) is 11.6 Å². The summed E-state index contributed by atoms with van der Waals surface area (Å²) in [4.78, 5) is 19.1. The van der Waals surface area contributed by atoms with Crippen LogP contribution in [0.5, 0.6) is 5.75 Å². The van der Waals surface area contributed by atoms with Gasteiger partial charge >= 0.3 is 5.97 Å². The number of aromatic nitrogens is 2. The van der Waals surface area contributed by atoms with Crippen LogP contribution < -0.4 is 0 Å². The van der Waals surface area contributed by atoms with E-state index in [1.807, 2.05) is 0 Å². The number of halogens is 1. The number of phenols is 1. The molecule has 0 aliphatic heterocycles. The molecule has 0 bridgehead atoms. The summed E-state index contributed by atoms with van der Waals surface area (Å²) in [5.41, 5.74) is 0.925. The second kappa shape index (κ2) is 7.43. The number of rotatable bonds is 4. The summed E-state index contributed by atoms with van der Waals surface area (Å²) in [5.74, 6) is -0.850. The van der Waals surface area contributed by atoms with E-state index in [1.54, 1.807) is 6.92 Å². The SMILES string of the molecule is [C-]#[N+]c1c(Cl)ncc2c(/N=N/c3ccc(O)c(C(=O)OCC)c3)snc12. The van der Waals surface area contributed by atoms with Crippen LogP contribution in [0.4, 0.5) is 16.4 Å². The minimum absolute atomic E-state index is 0.00111. The van der Waals surface area contributed by atoms with E-state index in [1.165, 1.54) is 24.4 Å². The minimum Gasteiger partial charge on any atom is -0.507 e. The number of phenolic OH excluding ortho intramolecular Hbond substituents is 1. The molecule has 0 aliphatic carbocycles. The number of pyridine rings is 1. The van der Waals surface area contributed by atoms with Gasteiger partial charge in [-0.3, -0.25) is 4.98 Å². The second-order valence-electron chi connectivity index (χ2n) is 4.88. The molecule has 0 spiro atoms. The van der Waals surface area contributed by atoms with Gasteiger partial charge in [0.2, 0.25) is 5.69 Å². The molecule has 130 valence electrons. The van der Waals surface area contributed by atoms with Gasteiger partial charge < -0.3 is 9.84 Å². The molecule has 0 fully saturated rings. The zero-order chi connectivity index (χ0) is 18.7. The van der Waals surface area contributed by atoms with Crippen molar-refractivity contribution in [3.8, 4) is 5.75 Å². The summed E-state index contributed by atoms with van der Waals surface area (Å²) >= 11 is 6.94. The third kappa shape index (κ3) is 3.33. The average molecular weight is 388 g/mol. The lowest BCUT2D eigenvalue weighted by atomic mass is 10.2. The molecular weight excluding hydrogens is 378 g/mol. The number of ether oxygens (including phenoxy) is 1. The van der Waals surface area contributed by atoms with Crippen molar-refractivity contribution in [2.75, 3.05) is 6.61 Å². The Balaban J connectivity index is 1.96. The first-order chi connectivity index (χ1) is 12.5. The lowest BCUT2D eigenvalue weighted by Crippen LogP contribution is -2.04. The first-order valence-corrected chi connectivity index (χ1v) is 8.43. The van der Waals surface area contributed by atoms with Crippen molar-refractivity contribution in [3.63, 3.8) is 0 Å². The summed E-state index contributed by atoms with van der Waals surface area (Å²) < 4.78 is 9.06. The molecule has 0 radical (unpaired) electrons. The number of azo groups is 1. The Labute approximate surface area is 156 Å². The van der Waals surface area contributed by atoms with Crippen LogP contribution >= 0.6 is 23.1 Å². The molecule has 3 rings (SSSR count). The van der Waals surface area contributed by atoms with Gasteiger partial charge in [0.1, 0.15) is 16.5 Å². The van der Waals surface area contributed by atoms with Gasteiger partial charge in [-0.25, -0.2) is 14.0 Å². The number of hydrogen-bond acceptors (Lipinski definition) is 8. The highest BCUT2D eigenvalue weighted by atomic mass is 35.5. The quantitative estimate of drug-likeness (QED) is 0.287. The van der Waals surface area contributed by atoms with E-state index in [2.05, 4.69) is 24.4 Å². The van der Waals surface area contributed by atoms with Gasteiger partial charge in [0.25, 0.3) is 0 Å². The molecule has 0 saturated carbocycles. The Morgan fingerprint density at radius 2 is 2.27 bits per heavy atom. The molecule has 2 aromatic heterocycles. The van der Waals surface area contributed by atoms with Crippen molar-refractivity contribution in [1.29, 1.82) is 0 Å². The number of aromatic hydroxyl groups is 1. The highest BCUT2D eigenvalue weighted by Crippen LogP contribution is 2.39. The summed E-state index contributed by atoms with van der Waals surface area (Å²) in [7, 11) is 0. The number of hydrogen-bond donors (Lipinski definition) is 1. The number of carbonyl (C=O) groups is 1. The molecule has 8 nitrogen and oxygen atoms in total. The molecule has 0 amide bonds. The highest BCUT2D eigenvalue weighted by molar-refractivity contribution is 7.11. The molecule has 1 N–H and O–H groups in total. The largest absolute Gasteiger partial charge is 0.507 e. The van der Waals surface area contributed by atoms with Crippen molar-refractivity contribution in [3.05, 3.63) is 46.5 Å². The van der Waals surface area contributed by atoms with Crippen LogP contribution in [0.1, 0.15) is 17.3 Å². The van der Waals surface area contributed by atoms with E-state index >= 15 is 0 Å².